The van der Waals surface area contributed by atoms with E-state index in [0.29, 0.717) is 50.7 Å². The van der Waals surface area contributed by atoms with Crippen molar-refractivity contribution in [3.05, 3.63) is 127 Å². The second kappa shape index (κ2) is 14.7. The Balaban J connectivity index is 1.40. The van der Waals surface area contributed by atoms with Crippen molar-refractivity contribution in [3.63, 3.8) is 0 Å². The number of nitrogens with zero attached hydrogens (tertiary/aromatic N) is 2. The van der Waals surface area contributed by atoms with Crippen LogP contribution in [0.1, 0.15) is 23.6 Å². The molecule has 0 saturated carbocycles. The Hall–Kier alpha value is -5.04. The van der Waals surface area contributed by atoms with E-state index in [0.717, 1.165) is 5.56 Å². The molecule has 0 heterocycles. The number of rotatable bonds is 12. The van der Waals surface area contributed by atoms with Crippen molar-refractivity contribution in [1.82, 2.24) is 0 Å². The standard InChI is InChI=1S/C32H25Cl2N3O6/c1-2-41-31-16-21(6-13-30(31)43-19-22-4-3-5-27(15-22)37(39)40)14-24(18-35)32(38)36-26-9-11-28(12-10-26)42-20-23-7-8-25(33)17-29(23)34/h3-17H,2,19-20H2,1H3,(H,36,38)/b24-14+. The Labute approximate surface area is 258 Å². The molecule has 0 bridgehead atoms. The summed E-state index contributed by atoms with van der Waals surface area (Å²) >= 11 is 12.1. The molecule has 1 amide bonds. The van der Waals surface area contributed by atoms with E-state index in [1.165, 1.54) is 18.2 Å². The molecule has 0 fully saturated rings. The summed E-state index contributed by atoms with van der Waals surface area (Å²) in [4.78, 5) is 23.4. The number of amides is 1. The number of nitro groups is 1. The van der Waals surface area contributed by atoms with Gasteiger partial charge in [-0.05, 0) is 72.7 Å². The lowest BCUT2D eigenvalue weighted by atomic mass is 10.1. The Morgan fingerprint density at radius 1 is 0.953 bits per heavy atom. The molecule has 4 aromatic carbocycles. The number of nitrogens with one attached hydrogen (secondary N) is 1. The Kier molecular flexibility index (Phi) is 10.6. The predicted molar refractivity (Wildman–Crippen MR) is 164 cm³/mol. The van der Waals surface area contributed by atoms with Gasteiger partial charge in [-0.2, -0.15) is 5.26 Å². The Morgan fingerprint density at radius 3 is 2.44 bits per heavy atom. The zero-order chi connectivity index (χ0) is 30.8. The quantitative estimate of drug-likeness (QED) is 0.0738. The molecule has 0 saturated heterocycles. The average molecular weight is 618 g/mol. The minimum absolute atomic E-state index is 0.0299. The first-order valence-electron chi connectivity index (χ1n) is 13.0. The third-order valence-corrected chi connectivity index (χ3v) is 6.57. The fraction of sp³-hybridized carbons (Fsp3) is 0.125. The molecule has 4 aromatic rings. The van der Waals surface area contributed by atoms with E-state index in [4.69, 9.17) is 37.4 Å². The van der Waals surface area contributed by atoms with Crippen molar-refractivity contribution in [3.8, 4) is 23.3 Å². The summed E-state index contributed by atoms with van der Waals surface area (Å²) in [5.74, 6) is 0.786. The second-order valence-corrected chi connectivity index (χ2v) is 9.87. The van der Waals surface area contributed by atoms with Gasteiger partial charge in [0.1, 0.15) is 30.6 Å². The van der Waals surface area contributed by atoms with Gasteiger partial charge in [-0.3, -0.25) is 14.9 Å². The molecule has 0 atom stereocenters. The second-order valence-electron chi connectivity index (χ2n) is 9.03. The maximum Gasteiger partial charge on any atom is 0.269 e. The van der Waals surface area contributed by atoms with Gasteiger partial charge >= 0.3 is 0 Å². The number of anilines is 1. The Morgan fingerprint density at radius 2 is 1.74 bits per heavy atom. The van der Waals surface area contributed by atoms with Crippen LogP contribution in [0.3, 0.4) is 0 Å². The van der Waals surface area contributed by atoms with Gasteiger partial charge in [0.2, 0.25) is 0 Å². The molecular weight excluding hydrogens is 593 g/mol. The SMILES string of the molecule is CCOc1cc(/C=C(\C#N)C(=O)Nc2ccc(OCc3ccc(Cl)cc3Cl)cc2)ccc1OCc1cccc([N+](=O)[O-])c1. The van der Waals surface area contributed by atoms with Crippen molar-refractivity contribution in [2.45, 2.75) is 20.1 Å². The van der Waals surface area contributed by atoms with Crippen LogP contribution in [0.15, 0.2) is 90.5 Å². The largest absolute Gasteiger partial charge is 0.490 e. The summed E-state index contributed by atoms with van der Waals surface area (Å²) in [6.07, 6.45) is 1.44. The van der Waals surface area contributed by atoms with Crippen molar-refractivity contribution in [2.75, 3.05) is 11.9 Å². The average Bonchev–Trinajstić information content (AvgIpc) is 3.00. The minimum Gasteiger partial charge on any atom is -0.490 e. The van der Waals surface area contributed by atoms with Crippen LogP contribution in [0.5, 0.6) is 17.2 Å². The highest BCUT2D eigenvalue weighted by atomic mass is 35.5. The minimum atomic E-state index is -0.590. The summed E-state index contributed by atoms with van der Waals surface area (Å²) in [6.45, 7) is 2.48. The van der Waals surface area contributed by atoms with Gasteiger partial charge in [0, 0.05) is 33.4 Å². The van der Waals surface area contributed by atoms with Gasteiger partial charge in [0.15, 0.2) is 11.5 Å². The van der Waals surface area contributed by atoms with Gasteiger partial charge in [0.05, 0.1) is 11.5 Å². The molecule has 0 aromatic heterocycles. The molecule has 0 aliphatic carbocycles. The zero-order valence-corrected chi connectivity index (χ0v) is 24.4. The third kappa shape index (κ3) is 8.72. The summed E-state index contributed by atoms with van der Waals surface area (Å²) < 4.78 is 17.3. The van der Waals surface area contributed by atoms with Crippen LogP contribution in [0.4, 0.5) is 11.4 Å². The summed E-state index contributed by atoms with van der Waals surface area (Å²) in [5.41, 5.74) is 2.27. The molecule has 0 unspecified atom stereocenters. The number of nitriles is 1. The monoisotopic (exact) mass is 617 g/mol. The lowest BCUT2D eigenvalue weighted by molar-refractivity contribution is -0.384. The van der Waals surface area contributed by atoms with Gasteiger partial charge in [-0.15, -0.1) is 0 Å². The smallest absolute Gasteiger partial charge is 0.269 e. The van der Waals surface area contributed by atoms with Crippen LogP contribution in [0.2, 0.25) is 10.0 Å². The highest BCUT2D eigenvalue weighted by Gasteiger charge is 2.13. The molecule has 11 heteroatoms. The maximum absolute atomic E-state index is 12.9. The third-order valence-electron chi connectivity index (χ3n) is 5.98. The Bertz CT molecular complexity index is 1700. The fourth-order valence-corrected chi connectivity index (χ4v) is 4.33. The van der Waals surface area contributed by atoms with E-state index in [1.807, 2.05) is 13.0 Å². The zero-order valence-electron chi connectivity index (χ0n) is 22.9. The molecule has 0 aliphatic rings. The lowest BCUT2D eigenvalue weighted by Gasteiger charge is -2.13. The topological polar surface area (TPSA) is 124 Å². The normalized spacial score (nSPS) is 10.9. The van der Waals surface area contributed by atoms with E-state index in [1.54, 1.807) is 72.8 Å². The van der Waals surface area contributed by atoms with Crippen molar-refractivity contribution < 1.29 is 23.9 Å². The molecule has 9 nitrogen and oxygen atoms in total. The van der Waals surface area contributed by atoms with Gasteiger partial charge in [-0.25, -0.2) is 0 Å². The molecule has 0 aliphatic heterocycles. The lowest BCUT2D eigenvalue weighted by Crippen LogP contribution is -2.13. The van der Waals surface area contributed by atoms with Crippen LogP contribution in [-0.4, -0.2) is 17.4 Å². The predicted octanol–water partition coefficient (Wildman–Crippen LogP) is 8.00. The van der Waals surface area contributed by atoms with Crippen LogP contribution in [-0.2, 0) is 18.0 Å². The number of carbonyl (C=O) groups is 1. The van der Waals surface area contributed by atoms with E-state index in [-0.39, 0.29) is 24.5 Å². The number of hydrogen-bond donors (Lipinski definition) is 1. The number of carbonyl (C=O) groups excluding carboxylic acids is 1. The van der Waals surface area contributed by atoms with Crippen LogP contribution in [0, 0.1) is 21.4 Å². The van der Waals surface area contributed by atoms with Crippen LogP contribution < -0.4 is 19.5 Å². The van der Waals surface area contributed by atoms with Gasteiger partial charge < -0.3 is 19.5 Å². The van der Waals surface area contributed by atoms with Crippen LogP contribution in [0.25, 0.3) is 6.08 Å². The molecule has 0 spiro atoms. The number of halogens is 2. The number of nitro benzene ring substituents is 1. The van der Waals surface area contributed by atoms with Crippen molar-refractivity contribution in [1.29, 1.82) is 5.26 Å². The van der Waals surface area contributed by atoms with Crippen LogP contribution >= 0.6 is 23.2 Å². The van der Waals surface area contributed by atoms with E-state index >= 15 is 0 Å². The first kappa shape index (κ1) is 30.9. The number of hydrogen-bond acceptors (Lipinski definition) is 7. The highest BCUT2D eigenvalue weighted by molar-refractivity contribution is 6.35. The highest BCUT2D eigenvalue weighted by Crippen LogP contribution is 2.31. The number of benzene rings is 4. The summed E-state index contributed by atoms with van der Waals surface area (Å²) in [5, 5.41) is 24.5. The first-order chi connectivity index (χ1) is 20.7. The van der Waals surface area contributed by atoms with Gasteiger partial charge in [-0.1, -0.05) is 47.5 Å². The van der Waals surface area contributed by atoms with E-state index in [9.17, 15) is 20.2 Å². The van der Waals surface area contributed by atoms with Crippen molar-refractivity contribution >= 4 is 46.6 Å². The maximum atomic E-state index is 12.9. The summed E-state index contributed by atoms with van der Waals surface area (Å²) in [7, 11) is 0. The molecule has 218 valence electrons. The number of ether oxygens (including phenoxy) is 3. The van der Waals surface area contributed by atoms with Crippen molar-refractivity contribution in [2.24, 2.45) is 0 Å². The molecule has 43 heavy (non-hydrogen) atoms. The fourth-order valence-electron chi connectivity index (χ4n) is 3.87. The summed E-state index contributed by atoms with van der Waals surface area (Å²) in [6, 6.07) is 24.9. The molecule has 1 N–H and O–H groups in total. The first-order valence-corrected chi connectivity index (χ1v) is 13.7. The van der Waals surface area contributed by atoms with E-state index < -0.39 is 10.8 Å². The molecular formula is C32H25Cl2N3O6. The van der Waals surface area contributed by atoms with Gasteiger partial charge in [0.25, 0.3) is 11.6 Å². The molecule has 4 rings (SSSR count). The number of non-ortho nitro benzene ring substituents is 1. The molecule has 0 radical (unpaired) electrons. The van der Waals surface area contributed by atoms with E-state index in [2.05, 4.69) is 5.32 Å².